The van der Waals surface area contributed by atoms with Crippen LogP contribution in [0.25, 0.3) is 0 Å². The number of rotatable bonds is 32. The third-order valence-electron chi connectivity index (χ3n) is 9.61. The lowest BCUT2D eigenvalue weighted by molar-refractivity contribution is -0.220. The van der Waals surface area contributed by atoms with Crippen LogP contribution in [0.15, 0.2) is 48.6 Å². The lowest BCUT2D eigenvalue weighted by atomic mass is 9.85. The highest BCUT2D eigenvalue weighted by atomic mass is 31.2. The van der Waals surface area contributed by atoms with E-state index in [0.29, 0.717) is 19.3 Å². The molecule has 0 aromatic rings. The molecule has 1 amide bonds. The maximum Gasteiger partial charge on any atom is 0.472 e. The standard InChI is InChI=1S/C41H74NO12P/c1-3-5-7-9-11-13-15-16-17-18-19-21-23-25-27-29-34(44)33(31-53-55(51,52)54-41-39(49)37(47)36(46)38(48)40(41)50)42-35(45)30-32(43)28-26-24-22-20-14-12-10-8-6-4-2/h12,14-16,19,21,27,29,32-34,36-41,43-44,46-50H,3-11,13,17-18,20,22-26,28,30-31H2,1-2H3,(H,42,45)(H,51,52)/b14-12-,16-15+,21-19+,29-27+. The molecule has 1 fully saturated rings. The number of hydrogen-bond donors (Lipinski definition) is 9. The molecule has 0 saturated heterocycles. The van der Waals surface area contributed by atoms with Gasteiger partial charge in [-0.3, -0.25) is 13.8 Å². The van der Waals surface area contributed by atoms with Crippen LogP contribution in [0.4, 0.5) is 0 Å². The fourth-order valence-corrected chi connectivity index (χ4v) is 7.11. The number of hydrogen-bond acceptors (Lipinski definition) is 11. The summed E-state index contributed by atoms with van der Waals surface area (Å²) in [5.41, 5.74) is 0. The van der Waals surface area contributed by atoms with Gasteiger partial charge in [-0.2, -0.15) is 0 Å². The van der Waals surface area contributed by atoms with E-state index in [2.05, 4.69) is 49.5 Å². The highest BCUT2D eigenvalue weighted by Crippen LogP contribution is 2.47. The van der Waals surface area contributed by atoms with Gasteiger partial charge in [0, 0.05) is 0 Å². The molecule has 1 aliphatic rings. The van der Waals surface area contributed by atoms with Gasteiger partial charge < -0.3 is 46.0 Å². The molecule has 8 atom stereocenters. The highest BCUT2D eigenvalue weighted by Gasteiger charge is 2.51. The van der Waals surface area contributed by atoms with E-state index in [1.54, 1.807) is 6.08 Å². The zero-order valence-corrected chi connectivity index (χ0v) is 34.2. The van der Waals surface area contributed by atoms with Gasteiger partial charge in [0.15, 0.2) is 0 Å². The Morgan fingerprint density at radius 3 is 1.62 bits per heavy atom. The van der Waals surface area contributed by atoms with Gasteiger partial charge in [0.05, 0.1) is 31.3 Å². The van der Waals surface area contributed by atoms with Crippen LogP contribution >= 0.6 is 7.82 Å². The minimum absolute atomic E-state index is 0.269. The number of allylic oxidation sites excluding steroid dienone is 7. The van der Waals surface area contributed by atoms with Crippen molar-refractivity contribution in [1.29, 1.82) is 0 Å². The highest BCUT2D eigenvalue weighted by molar-refractivity contribution is 7.47. The number of aliphatic hydroxyl groups is 7. The van der Waals surface area contributed by atoms with Crippen LogP contribution in [-0.2, 0) is 18.4 Å². The van der Waals surface area contributed by atoms with Gasteiger partial charge in [-0.15, -0.1) is 0 Å². The molecule has 14 heteroatoms. The van der Waals surface area contributed by atoms with E-state index in [1.807, 2.05) is 6.08 Å². The summed E-state index contributed by atoms with van der Waals surface area (Å²) in [7, 11) is -5.15. The fourth-order valence-electron chi connectivity index (χ4n) is 6.15. The molecule has 0 aromatic heterocycles. The van der Waals surface area contributed by atoms with E-state index in [-0.39, 0.29) is 6.42 Å². The molecule has 13 nitrogen and oxygen atoms in total. The van der Waals surface area contributed by atoms with Gasteiger partial charge in [0.25, 0.3) is 0 Å². The average molecular weight is 804 g/mol. The van der Waals surface area contributed by atoms with Gasteiger partial charge >= 0.3 is 7.82 Å². The molecule has 0 bridgehead atoms. The smallest absolute Gasteiger partial charge is 0.393 e. The number of amides is 1. The molecule has 55 heavy (non-hydrogen) atoms. The number of carbonyl (C=O) groups is 1. The summed E-state index contributed by atoms with van der Waals surface area (Å²) in [5.74, 6) is -0.621. The number of phosphoric acid groups is 1. The third kappa shape index (κ3) is 23.9. The number of nitrogens with one attached hydrogen (secondary N) is 1. The third-order valence-corrected chi connectivity index (χ3v) is 10.6. The van der Waals surface area contributed by atoms with Gasteiger partial charge in [-0.25, -0.2) is 4.57 Å². The lowest BCUT2D eigenvalue weighted by Gasteiger charge is -2.41. The Labute approximate surface area is 329 Å². The van der Waals surface area contributed by atoms with Crippen LogP contribution in [0.5, 0.6) is 0 Å². The Bertz CT molecular complexity index is 1130. The summed E-state index contributed by atoms with van der Waals surface area (Å²) < 4.78 is 22.7. The molecule has 1 rings (SSSR count). The van der Waals surface area contributed by atoms with Crippen molar-refractivity contribution in [1.82, 2.24) is 5.32 Å². The second kappa shape index (κ2) is 31.3. The molecule has 0 radical (unpaired) electrons. The van der Waals surface area contributed by atoms with Gasteiger partial charge in [0.2, 0.25) is 5.91 Å². The van der Waals surface area contributed by atoms with Gasteiger partial charge in [0.1, 0.15) is 36.6 Å². The van der Waals surface area contributed by atoms with Crippen LogP contribution in [0.2, 0.25) is 0 Å². The summed E-state index contributed by atoms with van der Waals surface area (Å²) in [6.07, 6.45) is 20.8. The van der Waals surface area contributed by atoms with E-state index < -0.39 is 75.2 Å². The van der Waals surface area contributed by atoms with Crippen molar-refractivity contribution in [3.8, 4) is 0 Å². The first-order valence-electron chi connectivity index (χ1n) is 20.7. The number of unbranched alkanes of at least 4 members (excludes halogenated alkanes) is 13. The van der Waals surface area contributed by atoms with Gasteiger partial charge in [-0.05, 0) is 70.6 Å². The molecule has 0 aromatic carbocycles. The van der Waals surface area contributed by atoms with Crippen LogP contribution < -0.4 is 5.32 Å². The Morgan fingerprint density at radius 2 is 1.07 bits per heavy atom. The summed E-state index contributed by atoms with van der Waals surface area (Å²) in [5, 5.41) is 74.1. The monoisotopic (exact) mass is 803 g/mol. The Morgan fingerprint density at radius 1 is 0.636 bits per heavy atom. The normalized spacial score (nSPS) is 24.9. The summed E-state index contributed by atoms with van der Waals surface area (Å²) >= 11 is 0. The van der Waals surface area contributed by atoms with Crippen molar-refractivity contribution in [2.45, 2.75) is 197 Å². The quantitative estimate of drug-likeness (QED) is 0.0231. The van der Waals surface area contributed by atoms with Crippen LogP contribution in [0, 0.1) is 0 Å². The van der Waals surface area contributed by atoms with Crippen LogP contribution in [0.3, 0.4) is 0 Å². The first-order chi connectivity index (χ1) is 26.3. The number of phosphoric ester groups is 1. The van der Waals surface area contributed by atoms with Crippen molar-refractivity contribution in [2.75, 3.05) is 6.61 Å². The Kier molecular flexibility index (Phi) is 29.2. The topological polar surface area (TPSA) is 226 Å². The van der Waals surface area contributed by atoms with Crippen LogP contribution in [0.1, 0.15) is 142 Å². The second-order valence-electron chi connectivity index (χ2n) is 14.6. The Balaban J connectivity index is 2.69. The fraction of sp³-hybridized carbons (Fsp3) is 0.780. The average Bonchev–Trinajstić information content (AvgIpc) is 3.15. The Hall–Kier alpha value is -1.74. The molecule has 0 spiro atoms. The maximum atomic E-state index is 12.9. The molecular weight excluding hydrogens is 729 g/mol. The zero-order valence-electron chi connectivity index (χ0n) is 33.3. The maximum absolute atomic E-state index is 12.9. The first kappa shape index (κ1) is 51.3. The van der Waals surface area contributed by atoms with E-state index in [9.17, 15) is 50.0 Å². The molecule has 320 valence electrons. The molecule has 9 N–H and O–H groups in total. The van der Waals surface area contributed by atoms with Crippen molar-refractivity contribution >= 4 is 13.7 Å². The van der Waals surface area contributed by atoms with Crippen molar-refractivity contribution in [3.63, 3.8) is 0 Å². The lowest BCUT2D eigenvalue weighted by Crippen LogP contribution is -2.64. The molecule has 1 saturated carbocycles. The SMILES string of the molecule is CCCCC/C=C\CCCCCC(O)CC(=O)NC(COP(=O)(O)OC1C(O)C(O)C(O)C(O)C1O)C(O)/C=C/CC/C=C/CC/C=C/CCCCCCC. The number of carbonyl (C=O) groups excluding carboxylic acids is 1. The zero-order chi connectivity index (χ0) is 40.9. The predicted molar refractivity (Wildman–Crippen MR) is 215 cm³/mol. The van der Waals surface area contributed by atoms with E-state index in [4.69, 9.17) is 9.05 Å². The molecule has 0 aliphatic heterocycles. The predicted octanol–water partition coefficient (Wildman–Crippen LogP) is 5.58. The van der Waals surface area contributed by atoms with E-state index in [0.717, 1.165) is 51.4 Å². The molecule has 8 unspecified atom stereocenters. The molecule has 0 heterocycles. The first-order valence-corrected chi connectivity index (χ1v) is 22.2. The van der Waals surface area contributed by atoms with Gasteiger partial charge in [-0.1, -0.05) is 114 Å². The largest absolute Gasteiger partial charge is 0.472 e. The second-order valence-corrected chi connectivity index (χ2v) is 16.0. The van der Waals surface area contributed by atoms with E-state index >= 15 is 0 Å². The minimum atomic E-state index is -5.15. The summed E-state index contributed by atoms with van der Waals surface area (Å²) in [4.78, 5) is 23.3. The summed E-state index contributed by atoms with van der Waals surface area (Å²) in [6.45, 7) is 3.63. The van der Waals surface area contributed by atoms with Crippen molar-refractivity contribution in [2.24, 2.45) is 0 Å². The molecular formula is C41H74NO12P. The number of aliphatic hydroxyl groups excluding tert-OH is 7. The molecule has 1 aliphatic carbocycles. The van der Waals surface area contributed by atoms with E-state index in [1.165, 1.54) is 57.4 Å². The van der Waals surface area contributed by atoms with Crippen molar-refractivity contribution in [3.05, 3.63) is 48.6 Å². The summed E-state index contributed by atoms with van der Waals surface area (Å²) in [6, 6.07) is -1.27. The minimum Gasteiger partial charge on any atom is -0.393 e. The van der Waals surface area contributed by atoms with Crippen molar-refractivity contribution < 1.29 is 59.0 Å². The van der Waals surface area contributed by atoms with Crippen LogP contribution in [-0.4, -0.2) is 108 Å².